The lowest BCUT2D eigenvalue weighted by Gasteiger charge is -2.13. The molecule has 0 radical (unpaired) electrons. The molecule has 1 fully saturated rings. The molecule has 1 aliphatic heterocycles. The van der Waals surface area contributed by atoms with Gasteiger partial charge in [0.25, 0.3) is 12.3 Å². The molecule has 7 nitrogen and oxygen atoms in total. The van der Waals surface area contributed by atoms with Crippen LogP contribution in [0.15, 0.2) is 36.7 Å². The number of hydrogen-bond acceptors (Lipinski definition) is 6. The molecule has 3 heterocycles. The maximum Gasteiger partial charge on any atom is 0.267 e. The number of carbonyl (C=O) groups excluding carboxylic acids is 1. The Bertz CT molecular complexity index is 1220. The molecule has 9 heteroatoms. The van der Waals surface area contributed by atoms with Crippen LogP contribution in [0.4, 0.5) is 14.6 Å². The number of anilines is 1. The highest BCUT2D eigenvalue weighted by molar-refractivity contribution is 5.91. The largest absolute Gasteiger partial charge is 0.382 e. The van der Waals surface area contributed by atoms with Crippen molar-refractivity contribution in [3.05, 3.63) is 47.8 Å². The molecule has 0 saturated carbocycles. The molecule has 1 amide bonds. The van der Waals surface area contributed by atoms with Gasteiger partial charge in [0, 0.05) is 36.7 Å². The van der Waals surface area contributed by atoms with E-state index in [-0.39, 0.29) is 34.5 Å². The van der Waals surface area contributed by atoms with Gasteiger partial charge in [0.15, 0.2) is 5.82 Å². The van der Waals surface area contributed by atoms with Crippen molar-refractivity contribution in [1.29, 1.82) is 0 Å². The predicted octanol–water partition coefficient (Wildman–Crippen LogP) is 2.16. The second-order valence-corrected chi connectivity index (χ2v) is 7.02. The fourth-order valence-electron chi connectivity index (χ4n) is 3.30. The first kappa shape index (κ1) is 19.7. The minimum atomic E-state index is -2.77. The van der Waals surface area contributed by atoms with E-state index in [1.807, 2.05) is 0 Å². The monoisotopic (exact) mass is 409 g/mol. The average Bonchev–Trinajstić information content (AvgIpc) is 3.00. The van der Waals surface area contributed by atoms with Crippen molar-refractivity contribution in [2.75, 3.05) is 19.3 Å². The molecule has 4 rings (SSSR count). The van der Waals surface area contributed by atoms with Crippen molar-refractivity contribution in [1.82, 2.24) is 19.9 Å². The summed E-state index contributed by atoms with van der Waals surface area (Å²) in [6.07, 6.45) is -1.43. The number of carbonyl (C=O) groups is 1. The number of pyridine rings is 1. The first-order chi connectivity index (χ1) is 14.3. The highest BCUT2D eigenvalue weighted by atomic mass is 19.3. The summed E-state index contributed by atoms with van der Waals surface area (Å²) in [6, 6.07) is 7.97. The van der Waals surface area contributed by atoms with Gasteiger partial charge in [0.2, 0.25) is 5.60 Å². The highest BCUT2D eigenvalue weighted by Crippen LogP contribution is 2.31. The second-order valence-electron chi connectivity index (χ2n) is 7.02. The van der Waals surface area contributed by atoms with Crippen LogP contribution in [0.3, 0.4) is 0 Å². The number of fused-ring (bicyclic) bond motifs is 1. The zero-order valence-corrected chi connectivity index (χ0v) is 15.9. The van der Waals surface area contributed by atoms with Crippen LogP contribution in [0, 0.1) is 11.8 Å². The van der Waals surface area contributed by atoms with Crippen molar-refractivity contribution in [3.8, 4) is 23.1 Å². The normalized spacial score (nSPS) is 18.7. The SMILES string of the molecule is CN1CC[C@](O)(C#Cc2cccc(-c3cc(C(F)F)c4ncnc(N)c4n3)c2)C1=O. The summed E-state index contributed by atoms with van der Waals surface area (Å²) in [7, 11) is 1.60. The topological polar surface area (TPSA) is 105 Å². The van der Waals surface area contributed by atoms with E-state index in [1.54, 1.807) is 31.3 Å². The maximum absolute atomic E-state index is 13.6. The van der Waals surface area contributed by atoms with Gasteiger partial charge in [-0.3, -0.25) is 4.79 Å². The molecule has 3 N–H and O–H groups in total. The first-order valence-electron chi connectivity index (χ1n) is 9.09. The van der Waals surface area contributed by atoms with Crippen molar-refractivity contribution in [2.24, 2.45) is 0 Å². The predicted molar refractivity (Wildman–Crippen MR) is 106 cm³/mol. The number of nitrogens with two attached hydrogens (primary N) is 1. The number of likely N-dealkylation sites (N-methyl/N-ethyl adjacent to an activating group) is 1. The summed E-state index contributed by atoms with van der Waals surface area (Å²) < 4.78 is 27.2. The number of halogens is 2. The number of aliphatic hydroxyl groups is 1. The summed E-state index contributed by atoms with van der Waals surface area (Å²) in [5, 5.41) is 10.4. The third-order valence-electron chi connectivity index (χ3n) is 4.97. The van der Waals surface area contributed by atoms with Crippen molar-refractivity contribution in [3.63, 3.8) is 0 Å². The van der Waals surface area contributed by atoms with Gasteiger partial charge in [-0.15, -0.1) is 0 Å². The van der Waals surface area contributed by atoms with E-state index >= 15 is 0 Å². The summed E-state index contributed by atoms with van der Waals surface area (Å²) >= 11 is 0. The van der Waals surface area contributed by atoms with Gasteiger partial charge in [0.05, 0.1) is 5.69 Å². The molecule has 30 heavy (non-hydrogen) atoms. The van der Waals surface area contributed by atoms with Crippen LogP contribution in [0.5, 0.6) is 0 Å². The van der Waals surface area contributed by atoms with Gasteiger partial charge < -0.3 is 15.7 Å². The van der Waals surface area contributed by atoms with Crippen LogP contribution in [-0.4, -0.2) is 50.1 Å². The third-order valence-corrected chi connectivity index (χ3v) is 4.97. The molecule has 152 valence electrons. The average molecular weight is 409 g/mol. The van der Waals surface area contributed by atoms with Crippen LogP contribution in [-0.2, 0) is 4.79 Å². The van der Waals surface area contributed by atoms with Gasteiger partial charge >= 0.3 is 0 Å². The Morgan fingerprint density at radius 2 is 2.07 bits per heavy atom. The van der Waals surface area contributed by atoms with Crippen LogP contribution in [0.25, 0.3) is 22.3 Å². The Hall–Kier alpha value is -3.64. The standard InChI is InChI=1S/C21H17F2N5O2/c1-28-8-7-21(30,20(28)29)6-5-12-3-2-4-13(9-12)15-10-14(18(22)23)16-17(27-15)19(24)26-11-25-16/h2-4,9-11,18,30H,7-8H2,1H3,(H2,24,25,26)/t21-/m1/s1. The second kappa shape index (κ2) is 7.31. The van der Waals surface area contributed by atoms with E-state index in [2.05, 4.69) is 26.8 Å². The van der Waals surface area contributed by atoms with E-state index in [0.717, 1.165) is 6.33 Å². The Kier molecular flexibility index (Phi) is 4.79. The zero-order chi connectivity index (χ0) is 21.5. The number of alkyl halides is 2. The zero-order valence-electron chi connectivity index (χ0n) is 15.9. The molecule has 1 aromatic carbocycles. The number of nitrogens with zero attached hydrogens (tertiary/aromatic N) is 4. The number of benzene rings is 1. The lowest BCUT2D eigenvalue weighted by Crippen LogP contribution is -2.37. The van der Waals surface area contributed by atoms with E-state index in [9.17, 15) is 18.7 Å². The summed E-state index contributed by atoms with van der Waals surface area (Å²) in [6.45, 7) is 0.422. The van der Waals surface area contributed by atoms with E-state index < -0.39 is 17.9 Å². The van der Waals surface area contributed by atoms with Crippen LogP contribution in [0.1, 0.15) is 24.0 Å². The highest BCUT2D eigenvalue weighted by Gasteiger charge is 2.42. The molecule has 0 bridgehead atoms. The van der Waals surface area contributed by atoms with Gasteiger partial charge in [-0.25, -0.2) is 23.7 Å². The lowest BCUT2D eigenvalue weighted by atomic mass is 10.0. The van der Waals surface area contributed by atoms with Gasteiger partial charge in [-0.2, -0.15) is 0 Å². The molecule has 0 unspecified atom stereocenters. The van der Waals surface area contributed by atoms with Crippen LogP contribution < -0.4 is 5.73 Å². The van der Waals surface area contributed by atoms with E-state index in [4.69, 9.17) is 5.73 Å². The maximum atomic E-state index is 13.6. The molecule has 2 aromatic heterocycles. The molecule has 1 saturated heterocycles. The lowest BCUT2D eigenvalue weighted by molar-refractivity contribution is -0.137. The quantitative estimate of drug-likeness (QED) is 0.629. The van der Waals surface area contributed by atoms with Crippen molar-refractivity contribution < 1.29 is 18.7 Å². The van der Waals surface area contributed by atoms with Crippen molar-refractivity contribution >= 4 is 22.8 Å². The fourth-order valence-corrected chi connectivity index (χ4v) is 3.30. The van der Waals surface area contributed by atoms with E-state index in [0.29, 0.717) is 17.7 Å². The number of nitrogen functional groups attached to an aromatic ring is 1. The molecule has 0 aliphatic carbocycles. The number of likely N-dealkylation sites (tertiary alicyclic amines) is 1. The van der Waals surface area contributed by atoms with Crippen molar-refractivity contribution in [2.45, 2.75) is 18.4 Å². The summed E-state index contributed by atoms with van der Waals surface area (Å²) in [5.41, 5.74) is 5.18. The van der Waals surface area contributed by atoms with Crippen LogP contribution >= 0.6 is 0 Å². The van der Waals surface area contributed by atoms with Gasteiger partial charge in [-0.1, -0.05) is 24.0 Å². The van der Waals surface area contributed by atoms with Gasteiger partial charge in [-0.05, 0) is 18.2 Å². The Labute approximate surface area is 170 Å². The minimum absolute atomic E-state index is 0.00304. The van der Waals surface area contributed by atoms with Crippen LogP contribution in [0.2, 0.25) is 0 Å². The number of aromatic nitrogens is 3. The molecule has 0 spiro atoms. The molecule has 1 atom stereocenters. The smallest absolute Gasteiger partial charge is 0.267 e. The molecular formula is C21H17F2N5O2. The Morgan fingerprint density at radius 3 is 2.77 bits per heavy atom. The molecular weight excluding hydrogens is 392 g/mol. The number of rotatable bonds is 2. The number of hydrogen-bond donors (Lipinski definition) is 2. The summed E-state index contributed by atoms with van der Waals surface area (Å²) in [5.74, 6) is 5.00. The molecule has 1 aliphatic rings. The number of amides is 1. The van der Waals surface area contributed by atoms with E-state index in [1.165, 1.54) is 11.0 Å². The molecule has 3 aromatic rings. The minimum Gasteiger partial charge on any atom is -0.382 e. The Balaban J connectivity index is 1.77. The summed E-state index contributed by atoms with van der Waals surface area (Å²) in [4.78, 5) is 25.6. The first-order valence-corrected chi connectivity index (χ1v) is 9.09. The third kappa shape index (κ3) is 3.42. The van der Waals surface area contributed by atoms with Gasteiger partial charge in [0.1, 0.15) is 17.4 Å². The fraction of sp³-hybridized carbons (Fsp3) is 0.238. The Morgan fingerprint density at radius 1 is 1.27 bits per heavy atom.